The van der Waals surface area contributed by atoms with E-state index in [1.54, 1.807) is 6.07 Å². The number of carbonyl (C=O) groups is 1. The van der Waals surface area contributed by atoms with Crippen LogP contribution in [-0.4, -0.2) is 37.0 Å². The molecule has 0 atom stereocenters. The molecule has 122 valence electrons. The molecule has 1 fully saturated rings. The summed E-state index contributed by atoms with van der Waals surface area (Å²) in [5, 5.41) is 4.26. The minimum absolute atomic E-state index is 0.120. The smallest absolute Gasteiger partial charge is 0.221 e. The number of halogens is 2. The fourth-order valence-electron chi connectivity index (χ4n) is 2.77. The number of nitrogens with one attached hydrogen (secondary N) is 1. The lowest BCUT2D eigenvalue weighted by Crippen LogP contribution is -2.32. The van der Waals surface area contributed by atoms with Crippen molar-refractivity contribution < 1.29 is 4.79 Å². The molecule has 22 heavy (non-hydrogen) atoms. The predicted molar refractivity (Wildman–Crippen MR) is 92.7 cm³/mol. The van der Waals surface area contributed by atoms with Crippen molar-refractivity contribution in [3.8, 4) is 0 Å². The molecule has 1 N–H and O–H groups in total. The molecule has 1 heterocycles. The summed E-state index contributed by atoms with van der Waals surface area (Å²) in [6.45, 7) is 3.75. The quantitative estimate of drug-likeness (QED) is 0.849. The molecule has 2 rings (SSSR count). The van der Waals surface area contributed by atoms with Gasteiger partial charge in [0.15, 0.2) is 0 Å². The lowest BCUT2D eigenvalue weighted by Gasteiger charge is -2.19. The standard InChI is InChI=1S/C17H24Cl2N2O/c18-15-6-5-14(16(19)13-15)7-9-20-17(22)8-12-21-10-3-1-2-4-11-21/h5-6,13H,1-4,7-12H2,(H,20,22). The van der Waals surface area contributed by atoms with E-state index in [1.165, 1.54) is 25.7 Å². The molecular formula is C17H24Cl2N2O. The highest BCUT2D eigenvalue weighted by Gasteiger charge is 2.10. The first-order valence-electron chi connectivity index (χ1n) is 8.08. The zero-order valence-corrected chi connectivity index (χ0v) is 14.4. The zero-order valence-electron chi connectivity index (χ0n) is 12.9. The second kappa shape index (κ2) is 9.39. The average molecular weight is 343 g/mol. The molecule has 0 unspecified atom stereocenters. The third-order valence-corrected chi connectivity index (χ3v) is 4.67. The van der Waals surface area contributed by atoms with Gasteiger partial charge < -0.3 is 10.2 Å². The van der Waals surface area contributed by atoms with Gasteiger partial charge >= 0.3 is 0 Å². The van der Waals surface area contributed by atoms with E-state index in [0.29, 0.717) is 23.0 Å². The predicted octanol–water partition coefficient (Wildman–Crippen LogP) is 3.92. The van der Waals surface area contributed by atoms with E-state index in [4.69, 9.17) is 23.2 Å². The van der Waals surface area contributed by atoms with Crippen LogP contribution in [0.2, 0.25) is 10.0 Å². The molecule has 1 amide bonds. The Morgan fingerprint density at radius 2 is 1.86 bits per heavy atom. The van der Waals surface area contributed by atoms with Crippen molar-refractivity contribution in [3.05, 3.63) is 33.8 Å². The van der Waals surface area contributed by atoms with Crippen LogP contribution in [0, 0.1) is 0 Å². The highest BCUT2D eigenvalue weighted by molar-refractivity contribution is 6.35. The van der Waals surface area contributed by atoms with Crippen molar-refractivity contribution >= 4 is 29.1 Å². The molecule has 1 saturated heterocycles. The van der Waals surface area contributed by atoms with Crippen LogP contribution in [0.4, 0.5) is 0 Å². The first-order valence-corrected chi connectivity index (χ1v) is 8.84. The van der Waals surface area contributed by atoms with E-state index in [9.17, 15) is 4.79 Å². The van der Waals surface area contributed by atoms with Gasteiger partial charge in [0.2, 0.25) is 5.91 Å². The number of hydrogen-bond acceptors (Lipinski definition) is 2. The average Bonchev–Trinajstić information content (AvgIpc) is 2.76. The van der Waals surface area contributed by atoms with Gasteiger partial charge in [-0.1, -0.05) is 42.1 Å². The SMILES string of the molecule is O=C(CCN1CCCCCC1)NCCc1ccc(Cl)cc1Cl. The molecule has 0 aromatic heterocycles. The summed E-state index contributed by atoms with van der Waals surface area (Å²) in [6.07, 6.45) is 6.47. The summed E-state index contributed by atoms with van der Waals surface area (Å²) in [7, 11) is 0. The lowest BCUT2D eigenvalue weighted by molar-refractivity contribution is -0.121. The van der Waals surface area contributed by atoms with E-state index in [1.807, 2.05) is 12.1 Å². The van der Waals surface area contributed by atoms with Gasteiger partial charge in [0.25, 0.3) is 0 Å². The van der Waals surface area contributed by atoms with Gasteiger partial charge in [-0.25, -0.2) is 0 Å². The largest absolute Gasteiger partial charge is 0.356 e. The molecule has 1 aliphatic rings. The second-order valence-corrected chi connectivity index (χ2v) is 6.69. The molecule has 0 bridgehead atoms. The van der Waals surface area contributed by atoms with E-state index < -0.39 is 0 Å². The summed E-state index contributed by atoms with van der Waals surface area (Å²) < 4.78 is 0. The highest BCUT2D eigenvalue weighted by Crippen LogP contribution is 2.21. The van der Waals surface area contributed by atoms with Crippen molar-refractivity contribution in [2.75, 3.05) is 26.2 Å². The third kappa shape index (κ3) is 6.15. The van der Waals surface area contributed by atoms with Gasteiger partial charge in [0.1, 0.15) is 0 Å². The van der Waals surface area contributed by atoms with Crippen molar-refractivity contribution in [1.29, 1.82) is 0 Å². The van der Waals surface area contributed by atoms with Gasteiger partial charge in [-0.15, -0.1) is 0 Å². The summed E-state index contributed by atoms with van der Waals surface area (Å²) >= 11 is 12.0. The van der Waals surface area contributed by atoms with Gasteiger partial charge in [-0.2, -0.15) is 0 Å². The first kappa shape index (κ1) is 17.6. The maximum atomic E-state index is 11.9. The number of likely N-dealkylation sites (tertiary alicyclic amines) is 1. The molecular weight excluding hydrogens is 319 g/mol. The molecule has 1 aromatic rings. The van der Waals surface area contributed by atoms with Gasteiger partial charge in [-0.3, -0.25) is 4.79 Å². The molecule has 0 saturated carbocycles. The Morgan fingerprint density at radius 1 is 1.14 bits per heavy atom. The Kier molecular flexibility index (Phi) is 7.50. The van der Waals surface area contributed by atoms with Crippen LogP contribution in [0.5, 0.6) is 0 Å². The Morgan fingerprint density at radius 3 is 2.55 bits per heavy atom. The van der Waals surface area contributed by atoms with Crippen LogP contribution in [0.3, 0.4) is 0 Å². The molecule has 0 spiro atoms. The second-order valence-electron chi connectivity index (χ2n) is 5.84. The Balaban J connectivity index is 1.64. The Labute approximate surface area is 143 Å². The van der Waals surface area contributed by atoms with Crippen LogP contribution in [-0.2, 0) is 11.2 Å². The first-order chi connectivity index (χ1) is 10.6. The van der Waals surface area contributed by atoms with Crippen molar-refractivity contribution in [2.24, 2.45) is 0 Å². The van der Waals surface area contributed by atoms with Crippen molar-refractivity contribution in [1.82, 2.24) is 10.2 Å². The number of hydrogen-bond donors (Lipinski definition) is 1. The Bertz CT molecular complexity index is 486. The maximum absolute atomic E-state index is 11.9. The highest BCUT2D eigenvalue weighted by atomic mass is 35.5. The molecule has 5 heteroatoms. The number of benzene rings is 1. The minimum Gasteiger partial charge on any atom is -0.356 e. The zero-order chi connectivity index (χ0) is 15.8. The number of amides is 1. The van der Waals surface area contributed by atoms with E-state index in [-0.39, 0.29) is 5.91 Å². The fourth-order valence-corrected chi connectivity index (χ4v) is 3.27. The molecule has 0 aliphatic carbocycles. The molecule has 1 aliphatic heterocycles. The van der Waals surface area contributed by atoms with Crippen LogP contribution in [0.1, 0.15) is 37.7 Å². The van der Waals surface area contributed by atoms with Crippen molar-refractivity contribution in [2.45, 2.75) is 38.5 Å². The van der Waals surface area contributed by atoms with Crippen LogP contribution in [0.25, 0.3) is 0 Å². The van der Waals surface area contributed by atoms with Crippen LogP contribution in [0.15, 0.2) is 18.2 Å². The normalized spacial score (nSPS) is 16.3. The number of rotatable bonds is 6. The fraction of sp³-hybridized carbons (Fsp3) is 0.588. The molecule has 3 nitrogen and oxygen atoms in total. The number of carbonyl (C=O) groups excluding carboxylic acids is 1. The number of nitrogens with zero attached hydrogens (tertiary/aromatic N) is 1. The summed E-state index contributed by atoms with van der Waals surface area (Å²) in [4.78, 5) is 14.3. The van der Waals surface area contributed by atoms with E-state index in [2.05, 4.69) is 10.2 Å². The summed E-state index contributed by atoms with van der Waals surface area (Å²) in [5.41, 5.74) is 1.01. The maximum Gasteiger partial charge on any atom is 0.221 e. The third-order valence-electron chi connectivity index (χ3n) is 4.09. The molecule has 1 aromatic carbocycles. The minimum atomic E-state index is 0.120. The van der Waals surface area contributed by atoms with E-state index >= 15 is 0 Å². The Hall–Kier alpha value is -0.770. The van der Waals surface area contributed by atoms with Crippen LogP contribution >= 0.6 is 23.2 Å². The summed E-state index contributed by atoms with van der Waals surface area (Å²) in [6, 6.07) is 5.47. The van der Waals surface area contributed by atoms with Gasteiger partial charge in [-0.05, 0) is 50.0 Å². The monoisotopic (exact) mass is 342 g/mol. The molecule has 0 radical (unpaired) electrons. The van der Waals surface area contributed by atoms with Gasteiger partial charge in [0.05, 0.1) is 0 Å². The lowest BCUT2D eigenvalue weighted by atomic mass is 10.1. The summed E-state index contributed by atoms with van der Waals surface area (Å²) in [5.74, 6) is 0.120. The van der Waals surface area contributed by atoms with Gasteiger partial charge in [0, 0.05) is 29.6 Å². The van der Waals surface area contributed by atoms with E-state index in [0.717, 1.165) is 31.6 Å². The van der Waals surface area contributed by atoms with Crippen molar-refractivity contribution in [3.63, 3.8) is 0 Å². The topological polar surface area (TPSA) is 32.3 Å². The van der Waals surface area contributed by atoms with Crippen LogP contribution < -0.4 is 5.32 Å².